The van der Waals surface area contributed by atoms with E-state index in [0.717, 1.165) is 90.3 Å². The van der Waals surface area contributed by atoms with Crippen molar-refractivity contribution >= 4 is 45.8 Å². The molecule has 0 N–H and O–H groups in total. The first-order valence-corrected chi connectivity index (χ1v) is 20.3. The molecule has 0 bridgehead atoms. The number of fused-ring (bicyclic) bond motifs is 2. The molecule has 0 radical (unpaired) electrons. The zero-order chi connectivity index (χ0) is 41.8. The third-order valence-electron chi connectivity index (χ3n) is 11.1. The maximum absolute atomic E-state index is 6.25. The van der Waals surface area contributed by atoms with Crippen molar-refractivity contribution in [1.82, 2.24) is 9.97 Å². The van der Waals surface area contributed by atoms with E-state index in [-0.39, 0.29) is 21.1 Å². The van der Waals surface area contributed by atoms with Crippen molar-refractivity contribution in [3.05, 3.63) is 239 Å². The van der Waals surface area contributed by atoms with Crippen LogP contribution in [0.15, 0.2) is 213 Å². The van der Waals surface area contributed by atoms with Crippen molar-refractivity contribution in [2.45, 2.75) is 0 Å². The van der Waals surface area contributed by atoms with Crippen molar-refractivity contribution < 1.29 is 21.1 Å². The van der Waals surface area contributed by atoms with E-state index in [1.165, 1.54) is 0 Å². The quantitative estimate of drug-likeness (QED) is 0.141. The van der Waals surface area contributed by atoms with Gasteiger partial charge in [-0.05, 0) is 46.5 Å². The molecule has 2 aromatic heterocycles. The van der Waals surface area contributed by atoms with Gasteiger partial charge >= 0.3 is 21.1 Å². The summed E-state index contributed by atoms with van der Waals surface area (Å²) in [6.07, 6.45) is 3.73. The molecule has 2 aliphatic heterocycles. The number of nitrogens with zero attached hydrogens (tertiary/aromatic N) is 7. The van der Waals surface area contributed by atoms with Crippen LogP contribution in [0.5, 0.6) is 0 Å². The van der Waals surface area contributed by atoms with Gasteiger partial charge < -0.3 is 31.4 Å². The van der Waals surface area contributed by atoms with Gasteiger partial charge in [0.15, 0.2) is 0 Å². The van der Waals surface area contributed by atoms with Crippen LogP contribution in [0.3, 0.4) is 0 Å². The van der Waals surface area contributed by atoms with Gasteiger partial charge in [-0.15, -0.1) is 42.9 Å². The van der Waals surface area contributed by atoms with Crippen LogP contribution in [0.2, 0.25) is 0 Å². The molecule has 0 amide bonds. The Labute approximate surface area is 382 Å². The molecule has 0 atom stereocenters. The van der Waals surface area contributed by atoms with Crippen LogP contribution >= 0.6 is 0 Å². The average Bonchev–Trinajstić information content (AvgIpc) is 3.95. The van der Waals surface area contributed by atoms with Gasteiger partial charge in [0.2, 0.25) is 0 Å². The summed E-state index contributed by atoms with van der Waals surface area (Å²) in [6.45, 7) is 9.05. The Bertz CT molecular complexity index is 2700. The van der Waals surface area contributed by atoms with Gasteiger partial charge in [-0.25, -0.2) is 9.97 Å². The van der Waals surface area contributed by atoms with Gasteiger partial charge in [-0.3, -0.25) is 0 Å². The maximum atomic E-state index is 6.25. The fraction of sp³-hybridized carbons (Fsp3) is 0. The molecule has 302 valence electrons. The van der Waals surface area contributed by atoms with Crippen LogP contribution in [0.1, 0.15) is 0 Å². The Kier molecular flexibility index (Phi) is 11.6. The monoisotopic (exact) mass is 990 g/mol. The zero-order valence-corrected chi connectivity index (χ0v) is 36.1. The number of benzene rings is 7. The minimum atomic E-state index is 0. The van der Waals surface area contributed by atoms with E-state index in [1.807, 2.05) is 24.5 Å². The molecule has 0 saturated heterocycles. The van der Waals surface area contributed by atoms with Crippen LogP contribution in [0.25, 0.3) is 44.5 Å². The predicted molar refractivity (Wildman–Crippen MR) is 251 cm³/mol. The number of hydrogen-bond acceptors (Lipinski definition) is 7. The third kappa shape index (κ3) is 7.52. The molecular formula is C55H37N7Pt. The Morgan fingerprint density at radius 2 is 0.683 bits per heavy atom. The predicted octanol–water partition coefficient (Wildman–Crippen LogP) is 13.9. The van der Waals surface area contributed by atoms with E-state index in [2.05, 4.69) is 227 Å². The minimum Gasteiger partial charge on any atom is -0.512 e. The van der Waals surface area contributed by atoms with Crippen molar-refractivity contribution in [3.63, 3.8) is 0 Å². The van der Waals surface area contributed by atoms with Crippen molar-refractivity contribution in [2.24, 2.45) is 0 Å². The second kappa shape index (κ2) is 18.1. The molecule has 63 heavy (non-hydrogen) atoms. The van der Waals surface area contributed by atoms with Crippen LogP contribution in [0, 0.1) is 31.2 Å². The first-order valence-electron chi connectivity index (χ1n) is 20.3. The van der Waals surface area contributed by atoms with Gasteiger partial charge in [0.1, 0.15) is 11.6 Å². The number of rotatable bonds is 8. The first-order chi connectivity index (χ1) is 30.8. The fourth-order valence-corrected chi connectivity index (χ4v) is 8.43. The van der Waals surface area contributed by atoms with E-state index in [1.54, 1.807) is 0 Å². The third-order valence-corrected chi connectivity index (χ3v) is 11.1. The van der Waals surface area contributed by atoms with Crippen LogP contribution in [0.4, 0.5) is 45.8 Å². The number of anilines is 8. The molecule has 0 spiro atoms. The summed E-state index contributed by atoms with van der Waals surface area (Å²) >= 11 is 0. The summed E-state index contributed by atoms with van der Waals surface area (Å²) in [4.78, 5) is 18.9. The smallest absolute Gasteiger partial charge is 0.512 e. The van der Waals surface area contributed by atoms with E-state index in [9.17, 15) is 0 Å². The van der Waals surface area contributed by atoms with Crippen LogP contribution in [-0.2, 0) is 21.1 Å². The number of para-hydroxylation sites is 2. The van der Waals surface area contributed by atoms with Gasteiger partial charge in [-0.2, -0.15) is 6.07 Å². The molecule has 0 unspecified atom stereocenters. The van der Waals surface area contributed by atoms with E-state index in [0.29, 0.717) is 0 Å². The number of hydrogen-bond donors (Lipinski definition) is 0. The molecular weight excluding hydrogens is 954 g/mol. The molecule has 4 heterocycles. The molecule has 0 aliphatic carbocycles. The van der Waals surface area contributed by atoms with E-state index >= 15 is 0 Å². The molecule has 8 heteroatoms. The van der Waals surface area contributed by atoms with Gasteiger partial charge in [-0.1, -0.05) is 158 Å². The molecule has 2 aliphatic rings. The van der Waals surface area contributed by atoms with Gasteiger partial charge in [0, 0.05) is 46.0 Å². The molecule has 7 nitrogen and oxygen atoms in total. The summed E-state index contributed by atoms with van der Waals surface area (Å²) in [7, 11) is 0. The van der Waals surface area contributed by atoms with E-state index in [4.69, 9.17) is 21.8 Å². The molecule has 0 fully saturated rings. The Balaban J connectivity index is 0.00000166. The zero-order valence-electron chi connectivity index (χ0n) is 33.8. The Hall–Kier alpha value is -7.78. The average molecular weight is 991 g/mol. The fourth-order valence-electron chi connectivity index (χ4n) is 8.43. The first kappa shape index (κ1) is 40.6. The molecule has 0 saturated carbocycles. The van der Waals surface area contributed by atoms with Crippen LogP contribution < -0.4 is 19.6 Å². The summed E-state index contributed by atoms with van der Waals surface area (Å²) in [6, 6.07) is 73.8. The van der Waals surface area contributed by atoms with Gasteiger partial charge in [0.05, 0.1) is 11.4 Å². The Morgan fingerprint density at radius 1 is 0.365 bits per heavy atom. The SMILES string of the molecule is [C-]#N.[Pt+4].[c-]1c(N2[CH-]N(c3c(-c4ccccc4)cccc3-c3ccccc3)c3ncccc32)cccc1N1[CH-]N(c2c(-c3ccccc3)cccc2-c2ccccc2)c2ncccc21. The van der Waals surface area contributed by atoms with Crippen molar-refractivity contribution in [1.29, 1.82) is 5.26 Å². The van der Waals surface area contributed by atoms with E-state index < -0.39 is 0 Å². The Morgan fingerprint density at radius 3 is 1.02 bits per heavy atom. The minimum absolute atomic E-state index is 0. The largest absolute Gasteiger partial charge is 4.00 e. The summed E-state index contributed by atoms with van der Waals surface area (Å²) in [5, 5.41) is 6.25. The normalized spacial score (nSPS) is 12.5. The summed E-state index contributed by atoms with van der Waals surface area (Å²) in [5.41, 5.74) is 14.8. The second-order valence-corrected chi connectivity index (χ2v) is 14.7. The molecule has 7 aromatic carbocycles. The summed E-state index contributed by atoms with van der Waals surface area (Å²) in [5.74, 6) is 1.69. The molecule has 9 aromatic rings. The van der Waals surface area contributed by atoms with Crippen molar-refractivity contribution in [3.8, 4) is 44.5 Å². The molecule has 11 rings (SSSR count). The number of aromatic nitrogens is 2. The second-order valence-electron chi connectivity index (χ2n) is 14.7. The van der Waals surface area contributed by atoms with Crippen LogP contribution in [-0.4, -0.2) is 9.97 Å². The van der Waals surface area contributed by atoms with Gasteiger partial charge in [0.25, 0.3) is 0 Å². The summed E-state index contributed by atoms with van der Waals surface area (Å²) < 4.78 is 0. The maximum Gasteiger partial charge on any atom is 4.00 e. The topological polar surface area (TPSA) is 62.5 Å². The van der Waals surface area contributed by atoms with Crippen molar-refractivity contribution in [2.75, 3.05) is 19.6 Å². The number of pyridine rings is 2. The standard InChI is InChI=1S/C54H37N6.CN.Pt/c1-5-18-39(19-6-1)45-28-14-29-46(40-20-7-2-8-21-40)51(45)59-37-57(49-32-16-34-55-53(49)59)43-26-13-27-44(36-43)58-38-60(54-50(58)33-17-35-56-54)52-47(41-22-9-3-10-23-41)30-15-31-48(52)42-24-11-4-12-25-42;1-2;/h1-35,37-38H;;/q-3;-1;+4.